The lowest BCUT2D eigenvalue weighted by molar-refractivity contribution is 0.319. The molecule has 0 unspecified atom stereocenters. The standard InChI is InChI=1S/C16H21F/c1-2-13-3-7-15(8-4-13)16-9-5-14(6-10-16)11-12-17/h5-6,9-13,15H,2-4,7-8H2,1H3/t13-,15-. The summed E-state index contributed by atoms with van der Waals surface area (Å²) in [6, 6.07) is 8.34. The lowest BCUT2D eigenvalue weighted by Gasteiger charge is -2.28. The van der Waals surface area contributed by atoms with Gasteiger partial charge in [0, 0.05) is 0 Å². The molecule has 0 saturated heterocycles. The van der Waals surface area contributed by atoms with E-state index < -0.39 is 0 Å². The predicted molar refractivity (Wildman–Crippen MR) is 71.6 cm³/mol. The fourth-order valence-electron chi connectivity index (χ4n) is 2.86. The van der Waals surface area contributed by atoms with Crippen LogP contribution in [0.2, 0.25) is 0 Å². The van der Waals surface area contributed by atoms with Gasteiger partial charge in [0.25, 0.3) is 0 Å². The minimum atomic E-state index is 0.599. The first kappa shape index (κ1) is 12.3. The van der Waals surface area contributed by atoms with Gasteiger partial charge in [0.15, 0.2) is 0 Å². The molecular formula is C16H21F. The van der Waals surface area contributed by atoms with Crippen LogP contribution in [0.15, 0.2) is 30.6 Å². The van der Waals surface area contributed by atoms with Gasteiger partial charge >= 0.3 is 0 Å². The van der Waals surface area contributed by atoms with Gasteiger partial charge in [-0.2, -0.15) is 0 Å². The molecule has 2 rings (SSSR count). The van der Waals surface area contributed by atoms with Crippen LogP contribution in [-0.4, -0.2) is 0 Å². The SMILES string of the molecule is CC[C@H]1CC[C@H](c2ccc(C=CF)cc2)CC1. The van der Waals surface area contributed by atoms with E-state index in [0.717, 1.165) is 17.4 Å². The van der Waals surface area contributed by atoms with Crippen molar-refractivity contribution in [2.45, 2.75) is 44.9 Å². The van der Waals surface area contributed by atoms with Crippen LogP contribution in [0.1, 0.15) is 56.1 Å². The van der Waals surface area contributed by atoms with E-state index >= 15 is 0 Å². The Kier molecular flexibility index (Phi) is 4.36. The molecule has 0 atom stereocenters. The highest BCUT2D eigenvalue weighted by molar-refractivity contribution is 5.48. The largest absolute Gasteiger partial charge is 0.216 e. The molecule has 1 heteroatoms. The van der Waals surface area contributed by atoms with Crippen molar-refractivity contribution in [3.05, 3.63) is 41.7 Å². The summed E-state index contributed by atoms with van der Waals surface area (Å²) in [5, 5.41) is 0. The van der Waals surface area contributed by atoms with Crippen molar-refractivity contribution in [2.24, 2.45) is 5.92 Å². The molecule has 92 valence electrons. The quantitative estimate of drug-likeness (QED) is 0.662. The van der Waals surface area contributed by atoms with Crippen molar-refractivity contribution in [3.8, 4) is 0 Å². The number of benzene rings is 1. The number of rotatable bonds is 3. The lowest BCUT2D eigenvalue weighted by atomic mass is 9.78. The second kappa shape index (κ2) is 6.00. The van der Waals surface area contributed by atoms with E-state index in [4.69, 9.17) is 0 Å². The van der Waals surface area contributed by atoms with E-state index in [1.54, 1.807) is 0 Å². The summed E-state index contributed by atoms with van der Waals surface area (Å²) < 4.78 is 12.0. The van der Waals surface area contributed by atoms with Gasteiger partial charge < -0.3 is 0 Å². The van der Waals surface area contributed by atoms with Crippen LogP contribution in [0.3, 0.4) is 0 Å². The molecular weight excluding hydrogens is 211 g/mol. The van der Waals surface area contributed by atoms with E-state index in [-0.39, 0.29) is 0 Å². The Morgan fingerprint density at radius 2 is 1.76 bits per heavy atom. The molecule has 1 saturated carbocycles. The van der Waals surface area contributed by atoms with Gasteiger partial charge in [-0.15, -0.1) is 0 Å². The Morgan fingerprint density at radius 1 is 1.12 bits per heavy atom. The zero-order valence-electron chi connectivity index (χ0n) is 10.5. The van der Waals surface area contributed by atoms with Gasteiger partial charge in [-0.1, -0.05) is 37.6 Å². The highest BCUT2D eigenvalue weighted by atomic mass is 19.1. The molecule has 0 radical (unpaired) electrons. The van der Waals surface area contributed by atoms with Gasteiger partial charge in [-0.05, 0) is 54.7 Å². The lowest BCUT2D eigenvalue weighted by Crippen LogP contribution is -2.12. The fourth-order valence-corrected chi connectivity index (χ4v) is 2.86. The van der Waals surface area contributed by atoms with Crippen molar-refractivity contribution in [2.75, 3.05) is 0 Å². The maximum absolute atomic E-state index is 12.0. The first-order valence-corrected chi connectivity index (χ1v) is 6.70. The van der Waals surface area contributed by atoms with E-state index in [2.05, 4.69) is 19.1 Å². The topological polar surface area (TPSA) is 0 Å². The summed E-state index contributed by atoms with van der Waals surface area (Å²) in [6.45, 7) is 2.29. The number of halogens is 1. The first-order valence-electron chi connectivity index (χ1n) is 6.70. The van der Waals surface area contributed by atoms with Crippen molar-refractivity contribution >= 4 is 6.08 Å². The molecule has 0 amide bonds. The van der Waals surface area contributed by atoms with E-state index in [0.29, 0.717) is 6.33 Å². The molecule has 1 aliphatic carbocycles. The summed E-state index contributed by atoms with van der Waals surface area (Å²) in [5.74, 6) is 1.67. The zero-order valence-corrected chi connectivity index (χ0v) is 10.5. The van der Waals surface area contributed by atoms with Crippen LogP contribution in [0, 0.1) is 5.92 Å². The third-order valence-corrected chi connectivity index (χ3v) is 4.09. The second-order valence-corrected chi connectivity index (χ2v) is 5.09. The van der Waals surface area contributed by atoms with Crippen LogP contribution in [0.25, 0.3) is 6.08 Å². The smallest absolute Gasteiger partial charge is 0.0872 e. The Morgan fingerprint density at radius 3 is 2.29 bits per heavy atom. The molecule has 1 aliphatic rings. The monoisotopic (exact) mass is 232 g/mol. The Bertz CT molecular complexity index is 356. The van der Waals surface area contributed by atoms with Crippen molar-refractivity contribution in [1.29, 1.82) is 0 Å². The van der Waals surface area contributed by atoms with Gasteiger partial charge in [0.2, 0.25) is 0 Å². The van der Waals surface area contributed by atoms with E-state index in [9.17, 15) is 4.39 Å². The summed E-state index contributed by atoms with van der Waals surface area (Å²) >= 11 is 0. The van der Waals surface area contributed by atoms with E-state index in [1.807, 2.05) is 12.1 Å². The molecule has 17 heavy (non-hydrogen) atoms. The molecule has 0 spiro atoms. The van der Waals surface area contributed by atoms with Crippen molar-refractivity contribution < 1.29 is 4.39 Å². The van der Waals surface area contributed by atoms with Gasteiger partial charge in [-0.3, -0.25) is 0 Å². The summed E-state index contributed by atoms with van der Waals surface area (Å²) in [5.41, 5.74) is 2.37. The minimum Gasteiger partial charge on any atom is -0.216 e. The minimum absolute atomic E-state index is 0.599. The third kappa shape index (κ3) is 3.18. The summed E-state index contributed by atoms with van der Waals surface area (Å²) in [6.07, 6.45) is 8.79. The normalized spacial score (nSPS) is 25.3. The maximum Gasteiger partial charge on any atom is 0.0872 e. The van der Waals surface area contributed by atoms with Gasteiger partial charge in [-0.25, -0.2) is 4.39 Å². The zero-order chi connectivity index (χ0) is 12.1. The molecule has 0 nitrogen and oxygen atoms in total. The van der Waals surface area contributed by atoms with Crippen molar-refractivity contribution in [3.63, 3.8) is 0 Å². The average molecular weight is 232 g/mol. The molecule has 1 fully saturated rings. The Hall–Kier alpha value is -1.11. The van der Waals surface area contributed by atoms with Gasteiger partial charge in [0.05, 0.1) is 6.33 Å². The van der Waals surface area contributed by atoms with Crippen LogP contribution < -0.4 is 0 Å². The molecule has 0 N–H and O–H groups in total. The summed E-state index contributed by atoms with van der Waals surface area (Å²) in [4.78, 5) is 0. The Labute approximate surface area is 104 Å². The molecule has 0 bridgehead atoms. The van der Waals surface area contributed by atoms with E-state index in [1.165, 1.54) is 43.7 Å². The second-order valence-electron chi connectivity index (χ2n) is 5.09. The molecule has 1 aromatic rings. The van der Waals surface area contributed by atoms with Crippen LogP contribution in [0.5, 0.6) is 0 Å². The summed E-state index contributed by atoms with van der Waals surface area (Å²) in [7, 11) is 0. The fraction of sp³-hybridized carbons (Fsp3) is 0.500. The first-order chi connectivity index (χ1) is 8.33. The molecule has 0 aliphatic heterocycles. The third-order valence-electron chi connectivity index (χ3n) is 4.09. The molecule has 0 heterocycles. The highest BCUT2D eigenvalue weighted by Gasteiger charge is 2.20. The molecule has 1 aromatic carbocycles. The van der Waals surface area contributed by atoms with Crippen LogP contribution in [-0.2, 0) is 0 Å². The van der Waals surface area contributed by atoms with Crippen LogP contribution >= 0.6 is 0 Å². The van der Waals surface area contributed by atoms with Gasteiger partial charge in [0.1, 0.15) is 0 Å². The number of hydrogen-bond donors (Lipinski definition) is 0. The van der Waals surface area contributed by atoms with Crippen LogP contribution in [0.4, 0.5) is 4.39 Å². The maximum atomic E-state index is 12.0. The van der Waals surface area contributed by atoms with Crippen molar-refractivity contribution in [1.82, 2.24) is 0 Å². The highest BCUT2D eigenvalue weighted by Crippen LogP contribution is 2.36. The molecule has 0 aromatic heterocycles. The number of hydrogen-bond acceptors (Lipinski definition) is 0. The average Bonchev–Trinajstić information content (AvgIpc) is 2.40. The predicted octanol–water partition coefficient (Wildman–Crippen LogP) is 5.31. The Balaban J connectivity index is 1.98.